The number of rotatable bonds is 10. The third-order valence-corrected chi connectivity index (χ3v) is 2.94. The minimum absolute atomic E-state index is 0.677. The van der Waals surface area contributed by atoms with E-state index in [4.69, 9.17) is 0 Å². The summed E-state index contributed by atoms with van der Waals surface area (Å²) in [6.45, 7) is 13.8. The Bertz CT molecular complexity index is 126. The number of nitrogens with one attached hydrogen (secondary N) is 1. The van der Waals surface area contributed by atoms with Crippen molar-refractivity contribution in [3.8, 4) is 0 Å². The number of likely N-dealkylation sites (N-methyl/N-ethyl adjacent to an activating group) is 1. The van der Waals surface area contributed by atoms with Gasteiger partial charge in [0.1, 0.15) is 0 Å². The Morgan fingerprint density at radius 2 is 1.80 bits per heavy atom. The van der Waals surface area contributed by atoms with Gasteiger partial charge in [0.25, 0.3) is 0 Å². The van der Waals surface area contributed by atoms with Crippen LogP contribution in [-0.2, 0) is 0 Å². The second kappa shape index (κ2) is 10.4. The van der Waals surface area contributed by atoms with E-state index in [0.29, 0.717) is 6.04 Å². The van der Waals surface area contributed by atoms with Crippen LogP contribution >= 0.6 is 0 Å². The molecule has 92 valence electrons. The van der Waals surface area contributed by atoms with Gasteiger partial charge in [-0.3, -0.25) is 4.90 Å². The Morgan fingerprint density at radius 1 is 1.07 bits per heavy atom. The fourth-order valence-electron chi connectivity index (χ4n) is 1.92. The van der Waals surface area contributed by atoms with Crippen molar-refractivity contribution in [3.63, 3.8) is 0 Å². The zero-order chi connectivity index (χ0) is 11.5. The van der Waals surface area contributed by atoms with E-state index in [1.807, 2.05) is 0 Å². The van der Waals surface area contributed by atoms with E-state index in [0.717, 1.165) is 6.54 Å². The van der Waals surface area contributed by atoms with Gasteiger partial charge in [0, 0.05) is 12.6 Å². The molecule has 0 heterocycles. The Kier molecular flexibility index (Phi) is 10.4. The lowest BCUT2D eigenvalue weighted by Crippen LogP contribution is -2.40. The highest BCUT2D eigenvalue weighted by Crippen LogP contribution is 1.99. The molecule has 0 saturated carbocycles. The second-order valence-electron chi connectivity index (χ2n) is 4.39. The van der Waals surface area contributed by atoms with Crippen LogP contribution in [0.2, 0.25) is 0 Å². The largest absolute Gasteiger partial charge is 0.315 e. The van der Waals surface area contributed by atoms with Gasteiger partial charge in [0.05, 0.1) is 0 Å². The van der Waals surface area contributed by atoms with Crippen molar-refractivity contribution in [1.82, 2.24) is 10.2 Å². The maximum atomic E-state index is 3.55. The Labute approximate surface area is 96.4 Å². The molecule has 0 fully saturated rings. The molecule has 2 heteroatoms. The van der Waals surface area contributed by atoms with Gasteiger partial charge in [-0.2, -0.15) is 0 Å². The molecular weight excluding hydrogens is 184 g/mol. The van der Waals surface area contributed by atoms with E-state index in [1.165, 1.54) is 45.3 Å². The molecule has 1 unspecified atom stereocenters. The van der Waals surface area contributed by atoms with E-state index in [-0.39, 0.29) is 0 Å². The van der Waals surface area contributed by atoms with E-state index in [2.05, 4.69) is 37.9 Å². The molecule has 0 saturated heterocycles. The van der Waals surface area contributed by atoms with Gasteiger partial charge in [-0.25, -0.2) is 0 Å². The summed E-state index contributed by atoms with van der Waals surface area (Å²) < 4.78 is 0. The van der Waals surface area contributed by atoms with Crippen LogP contribution in [-0.4, -0.2) is 37.1 Å². The highest BCUT2D eigenvalue weighted by atomic mass is 15.2. The average molecular weight is 214 g/mol. The van der Waals surface area contributed by atoms with Gasteiger partial charge in [0.15, 0.2) is 0 Å². The quantitative estimate of drug-likeness (QED) is 0.563. The number of hydrogen-bond donors (Lipinski definition) is 1. The molecule has 0 aliphatic carbocycles. The van der Waals surface area contributed by atoms with Gasteiger partial charge in [-0.15, -0.1) is 0 Å². The Hall–Kier alpha value is -0.0800. The van der Waals surface area contributed by atoms with Crippen LogP contribution in [0.5, 0.6) is 0 Å². The van der Waals surface area contributed by atoms with Crippen molar-refractivity contribution in [2.24, 2.45) is 0 Å². The first-order chi connectivity index (χ1) is 7.26. The van der Waals surface area contributed by atoms with Crippen LogP contribution in [0.4, 0.5) is 0 Å². The molecule has 0 amide bonds. The highest BCUT2D eigenvalue weighted by Gasteiger charge is 2.09. The Balaban J connectivity index is 3.48. The van der Waals surface area contributed by atoms with E-state index < -0.39 is 0 Å². The minimum Gasteiger partial charge on any atom is -0.315 e. The van der Waals surface area contributed by atoms with Crippen molar-refractivity contribution in [3.05, 3.63) is 0 Å². The summed E-state index contributed by atoms with van der Waals surface area (Å²) in [5, 5.41) is 3.55. The standard InChI is InChI=1S/C13H30N2/c1-5-8-9-10-14-12-13(4)15(7-3)11-6-2/h13-14H,5-12H2,1-4H3. The fraction of sp³-hybridized carbons (Fsp3) is 1.00. The number of nitrogens with zero attached hydrogens (tertiary/aromatic N) is 1. The maximum absolute atomic E-state index is 3.55. The summed E-state index contributed by atoms with van der Waals surface area (Å²) in [6, 6.07) is 0.677. The predicted octanol–water partition coefficient (Wildman–Crippen LogP) is 2.89. The fourth-order valence-corrected chi connectivity index (χ4v) is 1.92. The van der Waals surface area contributed by atoms with Crippen LogP contribution < -0.4 is 5.32 Å². The summed E-state index contributed by atoms with van der Waals surface area (Å²) >= 11 is 0. The molecule has 0 aromatic rings. The highest BCUT2D eigenvalue weighted by molar-refractivity contribution is 4.67. The summed E-state index contributed by atoms with van der Waals surface area (Å²) in [6.07, 6.45) is 5.25. The molecule has 0 bridgehead atoms. The van der Waals surface area contributed by atoms with E-state index in [1.54, 1.807) is 0 Å². The molecule has 0 aliphatic heterocycles. The zero-order valence-electron chi connectivity index (χ0n) is 11.2. The maximum Gasteiger partial charge on any atom is 0.0192 e. The minimum atomic E-state index is 0.677. The van der Waals surface area contributed by atoms with E-state index in [9.17, 15) is 0 Å². The third kappa shape index (κ3) is 7.80. The molecule has 1 N–H and O–H groups in total. The number of unbranched alkanes of at least 4 members (excludes halogenated alkanes) is 2. The lowest BCUT2D eigenvalue weighted by molar-refractivity contribution is 0.215. The summed E-state index contributed by atoms with van der Waals surface area (Å²) in [7, 11) is 0. The molecule has 0 radical (unpaired) electrons. The van der Waals surface area contributed by atoms with E-state index >= 15 is 0 Å². The van der Waals surface area contributed by atoms with Crippen molar-refractivity contribution < 1.29 is 0 Å². The van der Waals surface area contributed by atoms with Crippen LogP contribution in [0, 0.1) is 0 Å². The summed E-state index contributed by atoms with van der Waals surface area (Å²) in [5.74, 6) is 0. The molecule has 0 spiro atoms. The molecule has 1 atom stereocenters. The molecule has 0 aromatic heterocycles. The van der Waals surface area contributed by atoms with Crippen LogP contribution in [0.25, 0.3) is 0 Å². The number of hydrogen-bond acceptors (Lipinski definition) is 2. The third-order valence-electron chi connectivity index (χ3n) is 2.94. The first-order valence-corrected chi connectivity index (χ1v) is 6.70. The van der Waals surface area contributed by atoms with Gasteiger partial charge < -0.3 is 5.32 Å². The smallest absolute Gasteiger partial charge is 0.0192 e. The second-order valence-corrected chi connectivity index (χ2v) is 4.39. The first-order valence-electron chi connectivity index (χ1n) is 6.70. The SMILES string of the molecule is CCCCCNCC(C)N(CC)CCC. The lowest BCUT2D eigenvalue weighted by Gasteiger charge is -2.27. The molecule has 2 nitrogen and oxygen atoms in total. The molecule has 0 rings (SSSR count). The average Bonchev–Trinajstić information content (AvgIpc) is 2.25. The molecule has 15 heavy (non-hydrogen) atoms. The van der Waals surface area contributed by atoms with Gasteiger partial charge in [-0.05, 0) is 39.4 Å². The van der Waals surface area contributed by atoms with Crippen molar-refractivity contribution in [2.75, 3.05) is 26.2 Å². The lowest BCUT2D eigenvalue weighted by atomic mass is 10.2. The predicted molar refractivity (Wildman–Crippen MR) is 69.4 cm³/mol. The summed E-state index contributed by atoms with van der Waals surface area (Å²) in [4.78, 5) is 2.55. The van der Waals surface area contributed by atoms with Crippen LogP contribution in [0.1, 0.15) is 53.4 Å². The van der Waals surface area contributed by atoms with Gasteiger partial charge in [-0.1, -0.05) is 33.6 Å². The monoisotopic (exact) mass is 214 g/mol. The van der Waals surface area contributed by atoms with Crippen LogP contribution in [0.3, 0.4) is 0 Å². The van der Waals surface area contributed by atoms with Gasteiger partial charge >= 0.3 is 0 Å². The molecule has 0 aliphatic rings. The van der Waals surface area contributed by atoms with Crippen LogP contribution in [0.15, 0.2) is 0 Å². The topological polar surface area (TPSA) is 15.3 Å². The van der Waals surface area contributed by atoms with Crippen molar-refractivity contribution in [1.29, 1.82) is 0 Å². The van der Waals surface area contributed by atoms with Crippen molar-refractivity contribution >= 4 is 0 Å². The van der Waals surface area contributed by atoms with Crippen molar-refractivity contribution in [2.45, 2.75) is 59.4 Å². The summed E-state index contributed by atoms with van der Waals surface area (Å²) in [5.41, 5.74) is 0. The normalized spacial score (nSPS) is 13.4. The molecular formula is C13H30N2. The molecule has 0 aromatic carbocycles. The first kappa shape index (κ1) is 14.9. The van der Waals surface area contributed by atoms with Gasteiger partial charge in [0.2, 0.25) is 0 Å². The zero-order valence-corrected chi connectivity index (χ0v) is 11.2. The Morgan fingerprint density at radius 3 is 2.33 bits per heavy atom.